The molecule has 1 aromatic rings. The van der Waals surface area contributed by atoms with Crippen molar-refractivity contribution >= 4 is 5.69 Å². The molecule has 0 aliphatic carbocycles. The van der Waals surface area contributed by atoms with E-state index < -0.39 is 0 Å². The topological polar surface area (TPSA) is 38.0 Å². The molecule has 0 atom stereocenters. The summed E-state index contributed by atoms with van der Waals surface area (Å²) in [5, 5.41) is 3.39. The van der Waals surface area contributed by atoms with Crippen molar-refractivity contribution in [2.75, 3.05) is 18.4 Å². The lowest BCUT2D eigenvalue weighted by Gasteiger charge is -2.08. The predicted octanol–water partition coefficient (Wildman–Crippen LogP) is 2.96. The highest BCUT2D eigenvalue weighted by Gasteiger charge is 1.97. The maximum absolute atomic E-state index is 5.43. The molecule has 0 amide bonds. The van der Waals surface area contributed by atoms with Crippen molar-refractivity contribution < 1.29 is 0 Å². The quantitative estimate of drug-likeness (QED) is 0.702. The van der Waals surface area contributed by atoms with Gasteiger partial charge in [0.25, 0.3) is 0 Å². The minimum atomic E-state index is 0.608. The molecule has 0 aliphatic rings. The van der Waals surface area contributed by atoms with Crippen LogP contribution in [-0.2, 0) is 0 Å². The van der Waals surface area contributed by atoms with Crippen LogP contribution in [0, 0.1) is 0 Å². The van der Waals surface area contributed by atoms with Crippen LogP contribution < -0.4 is 11.1 Å². The second-order valence-electron chi connectivity index (χ2n) is 4.20. The van der Waals surface area contributed by atoms with E-state index in [2.05, 4.69) is 43.4 Å². The van der Waals surface area contributed by atoms with Crippen molar-refractivity contribution in [3.05, 3.63) is 29.8 Å². The number of unbranched alkanes of at least 4 members (excludes halogenated alkanes) is 1. The molecule has 0 bridgehead atoms. The van der Waals surface area contributed by atoms with Crippen LogP contribution in [0.4, 0.5) is 5.69 Å². The van der Waals surface area contributed by atoms with E-state index in [0.29, 0.717) is 5.92 Å². The van der Waals surface area contributed by atoms with Crippen LogP contribution in [0.25, 0.3) is 0 Å². The summed E-state index contributed by atoms with van der Waals surface area (Å²) in [6, 6.07) is 8.68. The molecule has 1 rings (SSSR count). The molecular formula is C13H22N2. The highest BCUT2D eigenvalue weighted by atomic mass is 14.9. The maximum atomic E-state index is 5.43. The lowest BCUT2D eigenvalue weighted by molar-refractivity contribution is 0.774. The summed E-state index contributed by atoms with van der Waals surface area (Å²) in [6.45, 7) is 6.22. The monoisotopic (exact) mass is 206 g/mol. The summed E-state index contributed by atoms with van der Waals surface area (Å²) in [4.78, 5) is 0. The lowest BCUT2D eigenvalue weighted by atomic mass is 10.0. The second-order valence-corrected chi connectivity index (χ2v) is 4.20. The van der Waals surface area contributed by atoms with Crippen LogP contribution in [0.2, 0.25) is 0 Å². The first-order valence-corrected chi connectivity index (χ1v) is 5.78. The summed E-state index contributed by atoms with van der Waals surface area (Å²) in [5.74, 6) is 0.608. The Morgan fingerprint density at radius 3 is 2.33 bits per heavy atom. The van der Waals surface area contributed by atoms with Gasteiger partial charge >= 0.3 is 0 Å². The van der Waals surface area contributed by atoms with E-state index in [4.69, 9.17) is 5.73 Å². The fraction of sp³-hybridized carbons (Fsp3) is 0.538. The first kappa shape index (κ1) is 12.1. The molecule has 0 unspecified atom stereocenters. The van der Waals surface area contributed by atoms with E-state index in [1.807, 2.05) is 0 Å². The molecule has 1 aromatic carbocycles. The zero-order valence-corrected chi connectivity index (χ0v) is 9.79. The van der Waals surface area contributed by atoms with Crippen LogP contribution in [0.15, 0.2) is 24.3 Å². The molecule has 0 saturated carbocycles. The highest BCUT2D eigenvalue weighted by molar-refractivity contribution is 5.44. The molecule has 0 saturated heterocycles. The van der Waals surface area contributed by atoms with E-state index in [1.165, 1.54) is 11.3 Å². The van der Waals surface area contributed by atoms with E-state index >= 15 is 0 Å². The first-order chi connectivity index (χ1) is 7.24. The smallest absolute Gasteiger partial charge is 0.0340 e. The van der Waals surface area contributed by atoms with Crippen LogP contribution in [0.1, 0.15) is 38.2 Å². The number of anilines is 1. The van der Waals surface area contributed by atoms with E-state index in [1.54, 1.807) is 0 Å². The van der Waals surface area contributed by atoms with E-state index in [0.717, 1.165) is 25.9 Å². The molecule has 0 radical (unpaired) electrons. The van der Waals surface area contributed by atoms with Gasteiger partial charge in [0.2, 0.25) is 0 Å². The Bertz CT molecular complexity index is 264. The van der Waals surface area contributed by atoms with Gasteiger partial charge in [0.05, 0.1) is 0 Å². The van der Waals surface area contributed by atoms with Crippen molar-refractivity contribution in [3.8, 4) is 0 Å². The second kappa shape index (κ2) is 6.46. The van der Waals surface area contributed by atoms with Crippen molar-refractivity contribution in [1.82, 2.24) is 0 Å². The van der Waals surface area contributed by atoms with Crippen LogP contribution in [0.3, 0.4) is 0 Å². The highest BCUT2D eigenvalue weighted by Crippen LogP contribution is 2.16. The fourth-order valence-corrected chi connectivity index (χ4v) is 1.49. The summed E-state index contributed by atoms with van der Waals surface area (Å²) < 4.78 is 0. The van der Waals surface area contributed by atoms with Gasteiger partial charge in [0.15, 0.2) is 0 Å². The standard InChI is InChI=1S/C13H22N2/c1-11(2)12-5-7-13(8-6-12)15-10-4-3-9-14/h5-8,11,15H,3-4,9-10,14H2,1-2H3. The molecule has 0 heterocycles. The molecule has 0 spiro atoms. The largest absolute Gasteiger partial charge is 0.385 e. The average molecular weight is 206 g/mol. The number of nitrogens with two attached hydrogens (primary N) is 1. The molecule has 84 valence electrons. The van der Waals surface area contributed by atoms with Gasteiger partial charge < -0.3 is 11.1 Å². The molecule has 2 heteroatoms. The van der Waals surface area contributed by atoms with Crippen LogP contribution in [0.5, 0.6) is 0 Å². The van der Waals surface area contributed by atoms with Crippen molar-refractivity contribution in [3.63, 3.8) is 0 Å². The number of nitrogens with one attached hydrogen (secondary N) is 1. The third-order valence-corrected chi connectivity index (χ3v) is 2.54. The Hall–Kier alpha value is -1.02. The summed E-state index contributed by atoms with van der Waals surface area (Å²) in [5.41, 5.74) is 8.03. The van der Waals surface area contributed by atoms with Crippen molar-refractivity contribution in [2.24, 2.45) is 5.73 Å². The van der Waals surface area contributed by atoms with E-state index in [9.17, 15) is 0 Å². The SMILES string of the molecule is CC(C)c1ccc(NCCCCN)cc1. The van der Waals surface area contributed by atoms with Gasteiger partial charge in [-0.25, -0.2) is 0 Å². The first-order valence-electron chi connectivity index (χ1n) is 5.78. The Kier molecular flexibility index (Phi) is 5.19. The van der Waals surface area contributed by atoms with Gasteiger partial charge in [0.1, 0.15) is 0 Å². The minimum Gasteiger partial charge on any atom is -0.385 e. The fourth-order valence-electron chi connectivity index (χ4n) is 1.49. The third-order valence-electron chi connectivity index (χ3n) is 2.54. The molecule has 2 nitrogen and oxygen atoms in total. The zero-order chi connectivity index (χ0) is 11.1. The normalized spacial score (nSPS) is 10.7. The molecule has 0 aliphatic heterocycles. The Labute approximate surface area is 92.9 Å². The molecule has 3 N–H and O–H groups in total. The lowest BCUT2D eigenvalue weighted by Crippen LogP contribution is -2.05. The third kappa shape index (κ3) is 4.34. The van der Waals surface area contributed by atoms with Crippen LogP contribution >= 0.6 is 0 Å². The summed E-state index contributed by atoms with van der Waals surface area (Å²) >= 11 is 0. The van der Waals surface area contributed by atoms with Gasteiger partial charge in [-0.15, -0.1) is 0 Å². The van der Waals surface area contributed by atoms with Crippen molar-refractivity contribution in [2.45, 2.75) is 32.6 Å². The summed E-state index contributed by atoms with van der Waals surface area (Å²) in [7, 11) is 0. The van der Waals surface area contributed by atoms with Crippen molar-refractivity contribution in [1.29, 1.82) is 0 Å². The van der Waals surface area contributed by atoms with Crippen LogP contribution in [-0.4, -0.2) is 13.1 Å². The predicted molar refractivity (Wildman–Crippen MR) is 67.3 cm³/mol. The molecule has 0 fully saturated rings. The average Bonchev–Trinajstić information content (AvgIpc) is 2.25. The molecule has 0 aromatic heterocycles. The summed E-state index contributed by atoms with van der Waals surface area (Å²) in [6.07, 6.45) is 2.24. The minimum absolute atomic E-state index is 0.608. The zero-order valence-electron chi connectivity index (χ0n) is 9.79. The van der Waals surface area contributed by atoms with E-state index in [-0.39, 0.29) is 0 Å². The number of benzene rings is 1. The van der Waals surface area contributed by atoms with Gasteiger partial charge in [-0.2, -0.15) is 0 Å². The van der Waals surface area contributed by atoms with Gasteiger partial charge in [-0.05, 0) is 43.0 Å². The molecule has 15 heavy (non-hydrogen) atoms. The van der Waals surface area contributed by atoms with Gasteiger partial charge in [0, 0.05) is 12.2 Å². The number of hydrogen-bond acceptors (Lipinski definition) is 2. The Morgan fingerprint density at radius 1 is 1.13 bits per heavy atom. The number of rotatable bonds is 6. The maximum Gasteiger partial charge on any atom is 0.0340 e. The molecular weight excluding hydrogens is 184 g/mol. The Balaban J connectivity index is 2.36. The Morgan fingerprint density at radius 2 is 1.80 bits per heavy atom. The number of hydrogen-bond donors (Lipinski definition) is 2. The van der Waals surface area contributed by atoms with Gasteiger partial charge in [-0.1, -0.05) is 26.0 Å². The van der Waals surface area contributed by atoms with Gasteiger partial charge in [-0.3, -0.25) is 0 Å².